The van der Waals surface area contributed by atoms with Crippen LogP contribution in [0.3, 0.4) is 0 Å². The van der Waals surface area contributed by atoms with E-state index in [4.69, 9.17) is 9.47 Å². The lowest BCUT2D eigenvalue weighted by Gasteiger charge is -2.15. The van der Waals surface area contributed by atoms with Crippen molar-refractivity contribution < 1.29 is 9.47 Å². The molecule has 1 aliphatic heterocycles. The first-order valence-electron chi connectivity index (χ1n) is 9.21. The largest absolute Gasteiger partial charge is 0.470 e. The second-order valence-corrected chi connectivity index (χ2v) is 6.74. The first-order chi connectivity index (χ1) is 13.8. The Labute approximate surface area is 161 Å². The summed E-state index contributed by atoms with van der Waals surface area (Å²) in [5.74, 6) is 1.03. The summed E-state index contributed by atoms with van der Waals surface area (Å²) < 4.78 is 15.5. The minimum atomic E-state index is -0.0140. The van der Waals surface area contributed by atoms with E-state index in [0.717, 1.165) is 28.8 Å². The number of hydrogen-bond donors (Lipinski definition) is 1. The first kappa shape index (κ1) is 16.8. The summed E-state index contributed by atoms with van der Waals surface area (Å²) in [6, 6.07) is 11.8. The molecule has 4 aromatic rings. The van der Waals surface area contributed by atoms with Crippen molar-refractivity contribution in [1.29, 1.82) is 0 Å². The predicted molar refractivity (Wildman–Crippen MR) is 105 cm³/mol. The van der Waals surface area contributed by atoms with Gasteiger partial charge >= 0.3 is 0 Å². The lowest BCUT2D eigenvalue weighted by Crippen LogP contribution is -2.17. The average Bonchev–Trinajstić information content (AvgIpc) is 3.43. The normalized spacial score (nSPS) is 16.5. The quantitative estimate of drug-likeness (QED) is 0.577. The van der Waals surface area contributed by atoms with Crippen LogP contribution in [0.2, 0.25) is 0 Å². The van der Waals surface area contributed by atoms with Crippen LogP contribution in [0.4, 0.5) is 11.6 Å². The fourth-order valence-corrected chi connectivity index (χ4v) is 3.31. The Morgan fingerprint density at radius 3 is 2.82 bits per heavy atom. The Kier molecular flexibility index (Phi) is 4.17. The van der Waals surface area contributed by atoms with Gasteiger partial charge in [0.2, 0.25) is 11.8 Å². The molecule has 0 amide bonds. The molecule has 0 bridgehead atoms. The molecule has 1 fully saturated rings. The third-order valence-corrected chi connectivity index (χ3v) is 4.67. The number of fused-ring (bicyclic) bond motifs is 1. The van der Waals surface area contributed by atoms with Crippen molar-refractivity contribution in [2.24, 2.45) is 7.05 Å². The molecule has 1 atom stereocenters. The van der Waals surface area contributed by atoms with E-state index in [1.165, 1.54) is 0 Å². The zero-order valence-electron chi connectivity index (χ0n) is 15.4. The summed E-state index contributed by atoms with van der Waals surface area (Å²) in [6.07, 6.45) is 6.54. The highest BCUT2D eigenvalue weighted by Gasteiger charge is 2.22. The lowest BCUT2D eigenvalue weighted by molar-refractivity contribution is 0.139. The molecule has 28 heavy (non-hydrogen) atoms. The van der Waals surface area contributed by atoms with Crippen molar-refractivity contribution in [3.63, 3.8) is 0 Å². The van der Waals surface area contributed by atoms with Gasteiger partial charge in [-0.05, 0) is 18.2 Å². The highest BCUT2D eigenvalue weighted by Crippen LogP contribution is 2.30. The van der Waals surface area contributed by atoms with Gasteiger partial charge in [0.05, 0.1) is 30.6 Å². The van der Waals surface area contributed by atoms with Crippen LogP contribution in [0.1, 0.15) is 6.42 Å². The van der Waals surface area contributed by atoms with Crippen molar-refractivity contribution in [3.05, 3.63) is 55.0 Å². The van der Waals surface area contributed by atoms with Gasteiger partial charge in [-0.3, -0.25) is 4.68 Å². The van der Waals surface area contributed by atoms with E-state index in [0.29, 0.717) is 25.0 Å². The van der Waals surface area contributed by atoms with Crippen LogP contribution in [0, 0.1) is 0 Å². The van der Waals surface area contributed by atoms with E-state index in [9.17, 15) is 0 Å². The van der Waals surface area contributed by atoms with E-state index in [2.05, 4.69) is 20.4 Å². The zero-order chi connectivity index (χ0) is 18.9. The third-order valence-electron chi connectivity index (χ3n) is 4.67. The van der Waals surface area contributed by atoms with Crippen molar-refractivity contribution in [2.75, 3.05) is 18.5 Å². The number of nitrogens with one attached hydrogen (secondary N) is 1. The van der Waals surface area contributed by atoms with Gasteiger partial charge in [-0.15, -0.1) is 0 Å². The summed E-state index contributed by atoms with van der Waals surface area (Å²) >= 11 is 0. The number of para-hydroxylation sites is 1. The molecule has 0 unspecified atom stereocenters. The minimum Gasteiger partial charge on any atom is -0.470 e. The summed E-state index contributed by atoms with van der Waals surface area (Å²) in [7, 11) is 1.89. The molecule has 1 saturated heterocycles. The number of anilines is 2. The van der Waals surface area contributed by atoms with Crippen LogP contribution >= 0.6 is 0 Å². The Morgan fingerprint density at radius 2 is 2.07 bits per heavy atom. The third kappa shape index (κ3) is 3.18. The van der Waals surface area contributed by atoms with Crippen molar-refractivity contribution in [3.8, 4) is 11.6 Å². The Morgan fingerprint density at radius 1 is 1.18 bits per heavy atom. The van der Waals surface area contributed by atoms with Crippen LogP contribution in [0.5, 0.6) is 5.88 Å². The van der Waals surface area contributed by atoms with Crippen LogP contribution in [-0.4, -0.2) is 43.6 Å². The molecule has 8 heteroatoms. The molecular formula is C20H20N6O2. The van der Waals surface area contributed by atoms with E-state index >= 15 is 0 Å². The second kappa shape index (κ2) is 6.97. The summed E-state index contributed by atoms with van der Waals surface area (Å²) in [6.45, 7) is 1.28. The Bertz CT molecular complexity index is 1100. The Balaban J connectivity index is 1.60. The van der Waals surface area contributed by atoms with Gasteiger partial charge in [-0.1, -0.05) is 18.2 Å². The maximum absolute atomic E-state index is 6.23. The van der Waals surface area contributed by atoms with Crippen molar-refractivity contribution in [2.45, 2.75) is 12.5 Å². The maximum Gasteiger partial charge on any atom is 0.244 e. The molecule has 8 nitrogen and oxygen atoms in total. The van der Waals surface area contributed by atoms with E-state index in [1.54, 1.807) is 10.9 Å². The maximum atomic E-state index is 6.23. The molecule has 1 aromatic carbocycles. The monoisotopic (exact) mass is 376 g/mol. The van der Waals surface area contributed by atoms with Gasteiger partial charge in [0.15, 0.2) is 0 Å². The highest BCUT2D eigenvalue weighted by atomic mass is 16.5. The number of nitrogens with zero attached hydrogens (tertiary/aromatic N) is 5. The predicted octanol–water partition coefficient (Wildman–Crippen LogP) is 3.07. The highest BCUT2D eigenvalue weighted by molar-refractivity contribution is 5.84. The Hall–Kier alpha value is -3.39. The molecule has 0 spiro atoms. The smallest absolute Gasteiger partial charge is 0.244 e. The summed E-state index contributed by atoms with van der Waals surface area (Å²) in [5, 5.41) is 7.52. The molecule has 3 aromatic heterocycles. The molecule has 1 aliphatic rings. The van der Waals surface area contributed by atoms with Crippen molar-refractivity contribution in [1.82, 2.24) is 24.3 Å². The standard InChI is InChI=1S/C20H20N6O2/c1-25-12-15(11-21-25)26-9-7-17-18(26)19(28-16-8-10-27-13-16)24-20(23-17)22-14-5-3-2-4-6-14/h2-7,9,11-12,16H,8,10,13H2,1H3,(H,22,23,24)/t16-/m0/s1. The fraction of sp³-hybridized carbons (Fsp3) is 0.250. The molecular weight excluding hydrogens is 356 g/mol. The summed E-state index contributed by atoms with van der Waals surface area (Å²) in [4.78, 5) is 9.35. The van der Waals surface area contributed by atoms with Crippen LogP contribution in [0.25, 0.3) is 16.7 Å². The molecule has 142 valence electrons. The number of hydrogen-bond acceptors (Lipinski definition) is 6. The van der Waals surface area contributed by atoms with Crippen LogP contribution in [-0.2, 0) is 11.8 Å². The number of ether oxygens (including phenoxy) is 2. The van der Waals surface area contributed by atoms with Gasteiger partial charge in [-0.2, -0.15) is 10.1 Å². The number of benzene rings is 1. The lowest BCUT2D eigenvalue weighted by atomic mass is 10.3. The van der Waals surface area contributed by atoms with Crippen molar-refractivity contribution >= 4 is 22.7 Å². The van der Waals surface area contributed by atoms with Gasteiger partial charge in [0, 0.05) is 31.5 Å². The van der Waals surface area contributed by atoms with E-state index < -0.39 is 0 Å². The number of rotatable bonds is 5. The van der Waals surface area contributed by atoms with E-state index in [-0.39, 0.29) is 6.10 Å². The zero-order valence-corrected chi connectivity index (χ0v) is 15.4. The van der Waals surface area contributed by atoms with Gasteiger partial charge in [0.25, 0.3) is 0 Å². The average molecular weight is 376 g/mol. The SMILES string of the molecule is Cn1cc(-n2ccc3nc(Nc4ccccc4)nc(O[C@H]4CCOC4)c32)cn1. The molecule has 1 N–H and O–H groups in total. The summed E-state index contributed by atoms with van der Waals surface area (Å²) in [5.41, 5.74) is 3.46. The van der Waals surface area contributed by atoms with Gasteiger partial charge in [-0.25, -0.2) is 4.98 Å². The molecule has 0 aliphatic carbocycles. The van der Waals surface area contributed by atoms with Crippen LogP contribution < -0.4 is 10.1 Å². The second-order valence-electron chi connectivity index (χ2n) is 6.74. The molecule has 5 rings (SSSR count). The first-order valence-corrected chi connectivity index (χ1v) is 9.21. The van der Waals surface area contributed by atoms with Gasteiger partial charge in [0.1, 0.15) is 11.6 Å². The molecule has 4 heterocycles. The number of aryl methyl sites for hydroxylation is 1. The fourth-order valence-electron chi connectivity index (χ4n) is 3.31. The number of aromatic nitrogens is 5. The van der Waals surface area contributed by atoms with Gasteiger partial charge < -0.3 is 19.4 Å². The molecule has 0 saturated carbocycles. The molecule has 0 radical (unpaired) electrons. The minimum absolute atomic E-state index is 0.0140. The van der Waals surface area contributed by atoms with E-state index in [1.807, 2.05) is 60.4 Å². The van der Waals surface area contributed by atoms with Crippen LogP contribution in [0.15, 0.2) is 55.0 Å². The topological polar surface area (TPSA) is 79.0 Å².